The Bertz CT molecular complexity index is 774. The number of ether oxygens (including phenoxy) is 1. The molecule has 0 bridgehead atoms. The number of likely N-dealkylation sites (tertiary alicyclic amines) is 1. The normalized spacial score (nSPS) is 18.5. The summed E-state index contributed by atoms with van der Waals surface area (Å²) in [6, 6.07) is 14.3. The van der Waals surface area contributed by atoms with Crippen LogP contribution in [0.1, 0.15) is 12.1 Å². The summed E-state index contributed by atoms with van der Waals surface area (Å²) in [6.07, 6.45) is 4.08. The van der Waals surface area contributed by atoms with Crippen LogP contribution in [0, 0.1) is 0 Å². The van der Waals surface area contributed by atoms with Crippen molar-refractivity contribution in [2.45, 2.75) is 18.9 Å². The largest absolute Gasteiger partial charge is 0.473 e. The number of rotatable bonds is 5. The van der Waals surface area contributed by atoms with Gasteiger partial charge in [-0.3, -0.25) is 4.90 Å². The van der Waals surface area contributed by atoms with E-state index in [4.69, 9.17) is 4.74 Å². The molecule has 1 aromatic carbocycles. The maximum atomic E-state index is 5.95. The summed E-state index contributed by atoms with van der Waals surface area (Å²) in [6.45, 7) is 3.09. The first-order valence-electron chi connectivity index (χ1n) is 8.02. The molecule has 2 aromatic heterocycles. The van der Waals surface area contributed by atoms with E-state index in [1.54, 1.807) is 17.7 Å². The number of hydrogen-bond donors (Lipinski definition) is 0. The molecule has 0 radical (unpaired) electrons. The molecule has 0 N–H and O–H groups in total. The van der Waals surface area contributed by atoms with E-state index in [-0.39, 0.29) is 6.10 Å². The highest BCUT2D eigenvalue weighted by molar-refractivity contribution is 7.13. The van der Waals surface area contributed by atoms with E-state index in [0.717, 1.165) is 38.4 Å². The smallest absolute Gasteiger partial charge is 0.213 e. The third-order valence-corrected chi connectivity index (χ3v) is 5.14. The van der Waals surface area contributed by atoms with Crippen LogP contribution in [0.2, 0.25) is 0 Å². The molecule has 0 amide bonds. The Morgan fingerprint density at radius 1 is 1.17 bits per heavy atom. The highest BCUT2D eigenvalue weighted by Gasteiger charge is 2.24. The number of aromatic nitrogens is 2. The molecule has 1 saturated heterocycles. The molecule has 4 rings (SSSR count). The highest BCUT2D eigenvalue weighted by Crippen LogP contribution is 2.23. The minimum Gasteiger partial charge on any atom is -0.473 e. The van der Waals surface area contributed by atoms with E-state index in [0.29, 0.717) is 0 Å². The van der Waals surface area contributed by atoms with Crippen LogP contribution in [0.25, 0.3) is 10.1 Å². The summed E-state index contributed by atoms with van der Waals surface area (Å²) in [4.78, 5) is 6.70. The van der Waals surface area contributed by atoms with Gasteiger partial charge in [0.25, 0.3) is 0 Å². The van der Waals surface area contributed by atoms with Crippen molar-refractivity contribution >= 4 is 21.6 Å². The number of benzene rings is 1. The summed E-state index contributed by atoms with van der Waals surface area (Å²) < 4.78 is 11.8. The van der Waals surface area contributed by atoms with Crippen molar-refractivity contribution in [3.05, 3.63) is 54.4 Å². The van der Waals surface area contributed by atoms with E-state index < -0.39 is 0 Å². The van der Waals surface area contributed by atoms with E-state index >= 15 is 0 Å². The molecule has 1 aliphatic heterocycles. The van der Waals surface area contributed by atoms with Crippen molar-refractivity contribution in [3.8, 4) is 5.88 Å². The zero-order chi connectivity index (χ0) is 15.5. The van der Waals surface area contributed by atoms with Gasteiger partial charge in [0.05, 0.1) is 10.4 Å². The van der Waals surface area contributed by atoms with Crippen molar-refractivity contribution in [1.82, 2.24) is 14.3 Å². The molecule has 5 heteroatoms. The Morgan fingerprint density at radius 3 is 3.00 bits per heavy atom. The van der Waals surface area contributed by atoms with Crippen LogP contribution in [-0.4, -0.2) is 40.0 Å². The zero-order valence-corrected chi connectivity index (χ0v) is 13.7. The number of hydrogen-bond acceptors (Lipinski definition) is 5. The van der Waals surface area contributed by atoms with Crippen LogP contribution >= 0.6 is 11.5 Å². The lowest BCUT2D eigenvalue weighted by Crippen LogP contribution is -2.27. The minimum atomic E-state index is 0.247. The van der Waals surface area contributed by atoms with Crippen LogP contribution in [0.5, 0.6) is 5.88 Å². The first-order chi connectivity index (χ1) is 11.4. The van der Waals surface area contributed by atoms with Crippen LogP contribution in [0.15, 0.2) is 48.7 Å². The lowest BCUT2D eigenvalue weighted by atomic mass is 10.2. The molecule has 0 saturated carbocycles. The predicted molar refractivity (Wildman–Crippen MR) is 93.0 cm³/mol. The molecule has 0 spiro atoms. The molecule has 3 aromatic rings. The Balaban J connectivity index is 1.32. The minimum absolute atomic E-state index is 0.247. The average molecular weight is 325 g/mol. The van der Waals surface area contributed by atoms with E-state index in [1.165, 1.54) is 15.8 Å². The molecule has 1 atom stereocenters. The lowest BCUT2D eigenvalue weighted by Gasteiger charge is -2.16. The summed E-state index contributed by atoms with van der Waals surface area (Å²) in [5, 5.41) is 1.30. The van der Waals surface area contributed by atoms with Gasteiger partial charge in [0, 0.05) is 43.7 Å². The highest BCUT2D eigenvalue weighted by atomic mass is 32.1. The fourth-order valence-corrected chi connectivity index (χ4v) is 3.89. The summed E-state index contributed by atoms with van der Waals surface area (Å²) in [5.74, 6) is 0.727. The van der Waals surface area contributed by atoms with Crippen LogP contribution < -0.4 is 4.74 Å². The quantitative estimate of drug-likeness (QED) is 0.721. The molecule has 1 unspecified atom stereocenters. The van der Waals surface area contributed by atoms with Gasteiger partial charge in [0.2, 0.25) is 5.88 Å². The Kier molecular flexibility index (Phi) is 4.22. The molecule has 23 heavy (non-hydrogen) atoms. The fraction of sp³-hybridized carbons (Fsp3) is 0.333. The van der Waals surface area contributed by atoms with Crippen molar-refractivity contribution in [3.63, 3.8) is 0 Å². The van der Waals surface area contributed by atoms with Gasteiger partial charge in [0.15, 0.2) is 0 Å². The number of fused-ring (bicyclic) bond motifs is 1. The number of nitrogens with zero attached hydrogens (tertiary/aromatic N) is 3. The van der Waals surface area contributed by atoms with Crippen LogP contribution in [-0.2, 0) is 6.42 Å². The Hall–Kier alpha value is -1.98. The summed E-state index contributed by atoms with van der Waals surface area (Å²) in [7, 11) is 0. The van der Waals surface area contributed by atoms with Gasteiger partial charge >= 0.3 is 0 Å². The predicted octanol–water partition coefficient (Wildman–Crippen LogP) is 3.39. The second kappa shape index (κ2) is 6.64. The van der Waals surface area contributed by atoms with Gasteiger partial charge in [-0.15, -0.1) is 0 Å². The van der Waals surface area contributed by atoms with Crippen LogP contribution in [0.3, 0.4) is 0 Å². The van der Waals surface area contributed by atoms with Gasteiger partial charge in [0.1, 0.15) is 6.10 Å². The van der Waals surface area contributed by atoms with E-state index in [1.807, 2.05) is 18.2 Å². The molecular formula is C18H19N3OS. The van der Waals surface area contributed by atoms with Crippen molar-refractivity contribution in [2.24, 2.45) is 0 Å². The third-order valence-electron chi connectivity index (χ3n) is 4.27. The second-order valence-corrected chi connectivity index (χ2v) is 6.68. The average Bonchev–Trinajstić information content (AvgIpc) is 3.21. The molecule has 1 fully saturated rings. The van der Waals surface area contributed by atoms with Gasteiger partial charge in [-0.25, -0.2) is 4.98 Å². The van der Waals surface area contributed by atoms with Gasteiger partial charge < -0.3 is 4.74 Å². The maximum absolute atomic E-state index is 5.95. The molecule has 3 heterocycles. The van der Waals surface area contributed by atoms with Crippen LogP contribution in [0.4, 0.5) is 0 Å². The third kappa shape index (κ3) is 3.35. The molecule has 0 aliphatic carbocycles. The molecular weight excluding hydrogens is 306 g/mol. The lowest BCUT2D eigenvalue weighted by molar-refractivity contribution is 0.193. The van der Waals surface area contributed by atoms with Gasteiger partial charge in [-0.1, -0.05) is 24.3 Å². The summed E-state index contributed by atoms with van der Waals surface area (Å²) in [5.41, 5.74) is 1.22. The summed E-state index contributed by atoms with van der Waals surface area (Å²) >= 11 is 1.60. The monoisotopic (exact) mass is 325 g/mol. The van der Waals surface area contributed by atoms with Gasteiger partial charge in [-0.2, -0.15) is 4.37 Å². The van der Waals surface area contributed by atoms with Crippen molar-refractivity contribution in [2.75, 3.05) is 19.6 Å². The van der Waals surface area contributed by atoms with Crippen molar-refractivity contribution < 1.29 is 4.74 Å². The Labute approximate surface area is 139 Å². The topological polar surface area (TPSA) is 38.2 Å². The molecule has 4 nitrogen and oxygen atoms in total. The second-order valence-electron chi connectivity index (χ2n) is 5.87. The first-order valence-corrected chi connectivity index (χ1v) is 8.79. The maximum Gasteiger partial charge on any atom is 0.213 e. The number of pyridine rings is 1. The van der Waals surface area contributed by atoms with E-state index in [2.05, 4.69) is 38.5 Å². The fourth-order valence-electron chi connectivity index (χ4n) is 3.07. The van der Waals surface area contributed by atoms with Gasteiger partial charge in [-0.05, 0) is 30.1 Å². The SMILES string of the molecule is c1ccc(OC2CCN(CCc3nsc4ccccc34)C2)nc1. The standard InChI is InChI=1S/C18H19N3OS/c1-2-6-17-15(5-1)16(20-23-17)9-12-21-11-8-14(13-21)22-18-7-3-4-10-19-18/h1-7,10,14H,8-9,11-13H2. The molecule has 118 valence electrons. The first kappa shape index (κ1) is 14.6. The van der Waals surface area contributed by atoms with Crippen molar-refractivity contribution in [1.29, 1.82) is 0 Å². The van der Waals surface area contributed by atoms with E-state index in [9.17, 15) is 0 Å². The molecule has 1 aliphatic rings. The zero-order valence-electron chi connectivity index (χ0n) is 12.9. The Morgan fingerprint density at radius 2 is 2.09 bits per heavy atom.